The largest absolute Gasteiger partial charge is 0.508 e. The SMILES string of the molecule is C=C1CCC(O)(O)C/C1=C/C(O)=C1\CCC[C@@]2(C)[C@@H]1CC[C@@H]2[C@H](C)CCCC(C)C. The molecule has 3 rings (SSSR count). The monoisotopic (exact) mass is 416 g/mol. The normalized spacial score (nSPS) is 35.6. The Kier molecular flexibility index (Phi) is 7.24. The van der Waals surface area contributed by atoms with Crippen LogP contribution in [0.2, 0.25) is 0 Å². The van der Waals surface area contributed by atoms with E-state index in [1.54, 1.807) is 6.08 Å². The van der Waals surface area contributed by atoms with Crippen LogP contribution < -0.4 is 0 Å². The average Bonchev–Trinajstić information content (AvgIpc) is 3.01. The zero-order valence-electron chi connectivity index (χ0n) is 19.7. The Bertz CT molecular complexity index is 699. The van der Waals surface area contributed by atoms with Gasteiger partial charge in [-0.15, -0.1) is 0 Å². The van der Waals surface area contributed by atoms with Crippen molar-refractivity contribution in [1.29, 1.82) is 0 Å². The topological polar surface area (TPSA) is 60.7 Å². The molecule has 3 aliphatic carbocycles. The Morgan fingerprint density at radius 2 is 1.87 bits per heavy atom. The van der Waals surface area contributed by atoms with Gasteiger partial charge in [-0.2, -0.15) is 0 Å². The highest BCUT2D eigenvalue weighted by molar-refractivity contribution is 5.39. The zero-order chi connectivity index (χ0) is 22.1. The van der Waals surface area contributed by atoms with Gasteiger partial charge in [-0.05, 0) is 84.8 Å². The molecule has 0 amide bonds. The minimum absolute atomic E-state index is 0.153. The summed E-state index contributed by atoms with van der Waals surface area (Å²) in [5.41, 5.74) is 3.19. The first kappa shape index (κ1) is 23.6. The molecule has 0 aromatic heterocycles. The van der Waals surface area contributed by atoms with Crippen molar-refractivity contribution in [2.75, 3.05) is 0 Å². The first-order chi connectivity index (χ1) is 14.0. The van der Waals surface area contributed by atoms with Crippen molar-refractivity contribution in [3.8, 4) is 0 Å². The van der Waals surface area contributed by atoms with Crippen LogP contribution in [0.3, 0.4) is 0 Å². The quantitative estimate of drug-likeness (QED) is 0.329. The van der Waals surface area contributed by atoms with E-state index in [9.17, 15) is 15.3 Å². The predicted octanol–water partition coefficient (Wildman–Crippen LogP) is 6.82. The molecule has 3 N–H and O–H groups in total. The highest BCUT2D eigenvalue weighted by atomic mass is 16.5. The molecular weight excluding hydrogens is 372 g/mol. The number of hydrogen-bond acceptors (Lipinski definition) is 3. The van der Waals surface area contributed by atoms with Crippen molar-refractivity contribution < 1.29 is 15.3 Å². The number of rotatable bonds is 6. The van der Waals surface area contributed by atoms with Crippen molar-refractivity contribution in [3.63, 3.8) is 0 Å². The van der Waals surface area contributed by atoms with Gasteiger partial charge in [0.2, 0.25) is 0 Å². The van der Waals surface area contributed by atoms with E-state index in [0.717, 1.165) is 41.7 Å². The number of hydrogen-bond donors (Lipinski definition) is 3. The zero-order valence-corrected chi connectivity index (χ0v) is 19.7. The Hall–Kier alpha value is -1.06. The summed E-state index contributed by atoms with van der Waals surface area (Å²) in [4.78, 5) is 0. The van der Waals surface area contributed by atoms with E-state index < -0.39 is 5.79 Å². The average molecular weight is 417 g/mol. The molecule has 3 heteroatoms. The molecule has 3 aliphatic rings. The number of allylic oxidation sites excluding steroid dienone is 3. The fraction of sp³-hybridized carbons (Fsp3) is 0.778. The van der Waals surface area contributed by atoms with Gasteiger partial charge in [0.1, 0.15) is 5.76 Å². The minimum atomic E-state index is -1.68. The van der Waals surface area contributed by atoms with Crippen molar-refractivity contribution in [2.24, 2.45) is 29.1 Å². The first-order valence-electron chi connectivity index (χ1n) is 12.3. The molecule has 4 atom stereocenters. The van der Waals surface area contributed by atoms with Crippen LogP contribution in [0.15, 0.2) is 35.1 Å². The fourth-order valence-electron chi connectivity index (χ4n) is 6.76. The molecule has 3 nitrogen and oxygen atoms in total. The number of aliphatic hydroxyl groups is 3. The molecule has 0 saturated heterocycles. The Labute approximate surface area is 184 Å². The molecular formula is C27H44O3. The van der Waals surface area contributed by atoms with Crippen LogP contribution in [0.5, 0.6) is 0 Å². The summed E-state index contributed by atoms with van der Waals surface area (Å²) >= 11 is 0. The van der Waals surface area contributed by atoms with Crippen molar-refractivity contribution in [2.45, 2.75) is 104 Å². The smallest absolute Gasteiger partial charge is 0.166 e. The van der Waals surface area contributed by atoms with Crippen LogP contribution in [0.25, 0.3) is 0 Å². The molecule has 0 spiro atoms. The fourth-order valence-corrected chi connectivity index (χ4v) is 6.76. The van der Waals surface area contributed by atoms with Crippen LogP contribution in [-0.4, -0.2) is 21.1 Å². The summed E-state index contributed by atoms with van der Waals surface area (Å²) in [6.45, 7) is 13.6. The lowest BCUT2D eigenvalue weighted by Crippen LogP contribution is -2.36. The molecule has 0 aromatic rings. The number of aliphatic hydroxyl groups excluding tert-OH is 1. The summed E-state index contributed by atoms with van der Waals surface area (Å²) in [5, 5.41) is 31.2. The summed E-state index contributed by atoms with van der Waals surface area (Å²) in [6.07, 6.45) is 12.6. The molecule has 0 radical (unpaired) electrons. The second kappa shape index (κ2) is 9.20. The van der Waals surface area contributed by atoms with E-state index >= 15 is 0 Å². The summed E-state index contributed by atoms with van der Waals surface area (Å²) in [6, 6.07) is 0. The van der Waals surface area contributed by atoms with Gasteiger partial charge in [-0.1, -0.05) is 59.1 Å². The van der Waals surface area contributed by atoms with Crippen LogP contribution in [-0.2, 0) is 0 Å². The Morgan fingerprint density at radius 1 is 1.13 bits per heavy atom. The van der Waals surface area contributed by atoms with Crippen LogP contribution in [0.4, 0.5) is 0 Å². The third-order valence-corrected chi connectivity index (χ3v) is 8.51. The highest BCUT2D eigenvalue weighted by Crippen LogP contribution is 2.60. The molecule has 0 unspecified atom stereocenters. The molecule has 0 heterocycles. The minimum Gasteiger partial charge on any atom is -0.508 e. The van der Waals surface area contributed by atoms with Gasteiger partial charge < -0.3 is 15.3 Å². The Balaban J connectivity index is 1.78. The maximum absolute atomic E-state index is 11.1. The Morgan fingerprint density at radius 3 is 2.57 bits per heavy atom. The molecule has 3 fully saturated rings. The van der Waals surface area contributed by atoms with Gasteiger partial charge in [0.15, 0.2) is 5.79 Å². The van der Waals surface area contributed by atoms with Crippen LogP contribution in [0, 0.1) is 29.1 Å². The number of fused-ring (bicyclic) bond motifs is 1. The lowest BCUT2D eigenvalue weighted by atomic mass is 9.60. The third kappa shape index (κ3) is 5.05. The maximum atomic E-state index is 11.1. The van der Waals surface area contributed by atoms with E-state index in [1.807, 2.05) is 0 Å². The van der Waals surface area contributed by atoms with Crippen molar-refractivity contribution in [1.82, 2.24) is 0 Å². The van der Waals surface area contributed by atoms with Crippen LogP contribution in [0.1, 0.15) is 98.3 Å². The second-order valence-electron chi connectivity index (χ2n) is 11.2. The van der Waals surface area contributed by atoms with Gasteiger partial charge >= 0.3 is 0 Å². The molecule has 3 saturated carbocycles. The molecule has 170 valence electrons. The van der Waals surface area contributed by atoms with E-state index in [2.05, 4.69) is 34.3 Å². The lowest BCUT2D eigenvalue weighted by molar-refractivity contribution is -0.167. The highest BCUT2D eigenvalue weighted by Gasteiger charge is 2.51. The van der Waals surface area contributed by atoms with Gasteiger partial charge in [-0.25, -0.2) is 0 Å². The standard InChI is InChI=1S/C27H44O3/c1-18(2)8-6-9-20(4)23-11-12-24-22(10-7-14-26(23,24)5)25(28)16-21-17-27(29,30)15-13-19(21)3/h16,18,20,23-24,28-30H,3,6-15,17H2,1-2,4-5H3/b21-16-,25-22-/t20-,23-,24-,26-/m1/s1. The molecule has 0 bridgehead atoms. The molecule has 0 aromatic carbocycles. The van der Waals surface area contributed by atoms with Gasteiger partial charge in [0.25, 0.3) is 0 Å². The summed E-state index contributed by atoms with van der Waals surface area (Å²) in [7, 11) is 0. The van der Waals surface area contributed by atoms with Gasteiger partial charge in [0.05, 0.1) is 0 Å². The molecule has 30 heavy (non-hydrogen) atoms. The predicted molar refractivity (Wildman–Crippen MR) is 124 cm³/mol. The van der Waals surface area contributed by atoms with Crippen LogP contribution >= 0.6 is 0 Å². The van der Waals surface area contributed by atoms with Crippen molar-refractivity contribution in [3.05, 3.63) is 35.1 Å². The van der Waals surface area contributed by atoms with E-state index in [4.69, 9.17) is 0 Å². The van der Waals surface area contributed by atoms with Gasteiger partial charge in [0, 0.05) is 12.8 Å². The van der Waals surface area contributed by atoms with Gasteiger partial charge in [-0.3, -0.25) is 0 Å². The summed E-state index contributed by atoms with van der Waals surface area (Å²) < 4.78 is 0. The van der Waals surface area contributed by atoms with Crippen molar-refractivity contribution >= 4 is 0 Å². The lowest BCUT2D eigenvalue weighted by Gasteiger charge is -2.44. The van der Waals surface area contributed by atoms with E-state index in [0.29, 0.717) is 24.5 Å². The maximum Gasteiger partial charge on any atom is 0.166 e. The second-order valence-corrected chi connectivity index (χ2v) is 11.2. The van der Waals surface area contributed by atoms with E-state index in [-0.39, 0.29) is 11.8 Å². The van der Waals surface area contributed by atoms with E-state index in [1.165, 1.54) is 44.1 Å². The molecule has 0 aliphatic heterocycles. The third-order valence-electron chi connectivity index (χ3n) is 8.51. The summed E-state index contributed by atoms with van der Waals surface area (Å²) in [5.74, 6) is 1.39. The first-order valence-corrected chi connectivity index (χ1v) is 12.3.